The number of thiazole rings is 1. The number of fused-ring (bicyclic) bond motifs is 1. The number of nitrogen functional groups attached to an aromatic ring is 1. The highest BCUT2D eigenvalue weighted by atomic mass is 32.1. The maximum absolute atomic E-state index is 5.96. The van der Waals surface area contributed by atoms with Crippen LogP contribution in [0.25, 0.3) is 16.7 Å². The Morgan fingerprint density at radius 2 is 1.95 bits per heavy atom. The molecule has 4 nitrogen and oxygen atoms in total. The fourth-order valence-electron chi connectivity index (χ4n) is 1.97. The van der Waals surface area contributed by atoms with Crippen LogP contribution in [-0.4, -0.2) is 22.8 Å². The van der Waals surface area contributed by atoms with Gasteiger partial charge in [0, 0.05) is 10.8 Å². The highest BCUT2D eigenvalue weighted by Gasteiger charge is 2.22. The second-order valence-electron chi connectivity index (χ2n) is 5.58. The van der Waals surface area contributed by atoms with Gasteiger partial charge in [-0.15, -0.1) is 16.4 Å². The predicted octanol–water partition coefficient (Wildman–Crippen LogP) is 2.61. The van der Waals surface area contributed by atoms with E-state index >= 15 is 0 Å². The van der Waals surface area contributed by atoms with Crippen LogP contribution in [0, 0.1) is 0 Å². The summed E-state index contributed by atoms with van der Waals surface area (Å²) in [5.41, 5.74) is 6.97. The van der Waals surface area contributed by atoms with Crippen LogP contribution in [-0.2, 0) is 0 Å². The lowest BCUT2D eigenvalue weighted by atomic mass is 10.2. The van der Waals surface area contributed by atoms with E-state index in [0.717, 1.165) is 16.7 Å². The third kappa shape index (κ3) is 2.06. The van der Waals surface area contributed by atoms with Crippen molar-refractivity contribution in [3.8, 4) is 5.82 Å². The topological polar surface area (TPSA) is 56.7 Å². The van der Waals surface area contributed by atoms with E-state index in [1.807, 2.05) is 28.9 Å². The minimum absolute atomic E-state index is 0.554. The molecule has 0 aliphatic heterocycles. The Morgan fingerprint density at radius 3 is 2.63 bits per heavy atom. The van der Waals surface area contributed by atoms with Crippen molar-refractivity contribution in [3.05, 3.63) is 29.6 Å². The fraction of sp³-hybridized carbons (Fsp3) is 0.231. The molecule has 0 saturated carbocycles. The average molecular weight is 288 g/mol. The zero-order chi connectivity index (χ0) is 13.6. The second-order valence-corrected chi connectivity index (χ2v) is 11.8. The number of benzene rings is 1. The third-order valence-electron chi connectivity index (χ3n) is 2.97. The lowest BCUT2D eigenvalue weighted by Gasteiger charge is -2.10. The van der Waals surface area contributed by atoms with E-state index in [1.54, 1.807) is 11.3 Å². The van der Waals surface area contributed by atoms with Crippen LogP contribution < -0.4 is 10.4 Å². The Bertz CT molecular complexity index is 739. The van der Waals surface area contributed by atoms with Crippen molar-refractivity contribution < 1.29 is 0 Å². The molecule has 19 heavy (non-hydrogen) atoms. The number of nitrogens with two attached hydrogens (primary N) is 1. The van der Waals surface area contributed by atoms with Gasteiger partial charge >= 0.3 is 0 Å². The number of para-hydroxylation sites is 1. The van der Waals surface area contributed by atoms with Gasteiger partial charge in [0.1, 0.15) is 8.07 Å². The Morgan fingerprint density at radius 1 is 1.21 bits per heavy atom. The van der Waals surface area contributed by atoms with E-state index in [4.69, 9.17) is 10.7 Å². The van der Waals surface area contributed by atoms with Crippen LogP contribution in [0.1, 0.15) is 0 Å². The van der Waals surface area contributed by atoms with Gasteiger partial charge in [-0.05, 0) is 12.1 Å². The molecular formula is C13H16N4SSi. The summed E-state index contributed by atoms with van der Waals surface area (Å²) >= 11 is 1.72. The molecule has 0 radical (unpaired) electrons. The molecule has 0 bridgehead atoms. The van der Waals surface area contributed by atoms with Gasteiger partial charge in [-0.2, -0.15) is 0 Å². The molecule has 1 aromatic carbocycles. The van der Waals surface area contributed by atoms with Crippen LogP contribution in [0.3, 0.4) is 0 Å². The molecule has 0 spiro atoms. The van der Waals surface area contributed by atoms with Crippen molar-refractivity contribution in [2.24, 2.45) is 0 Å². The van der Waals surface area contributed by atoms with Crippen molar-refractivity contribution in [1.29, 1.82) is 0 Å². The highest BCUT2D eigenvalue weighted by molar-refractivity contribution is 7.24. The van der Waals surface area contributed by atoms with Gasteiger partial charge in [-0.3, -0.25) is 0 Å². The molecule has 2 N–H and O–H groups in total. The number of aromatic nitrogens is 3. The summed E-state index contributed by atoms with van der Waals surface area (Å²) < 4.78 is 3.07. The van der Waals surface area contributed by atoms with Gasteiger partial charge in [0.2, 0.25) is 0 Å². The van der Waals surface area contributed by atoms with Crippen molar-refractivity contribution in [2.45, 2.75) is 19.6 Å². The Labute approximate surface area is 116 Å². The normalized spacial score (nSPS) is 12.2. The smallest absolute Gasteiger partial charge is 0.164 e. The average Bonchev–Trinajstić information content (AvgIpc) is 2.94. The lowest BCUT2D eigenvalue weighted by Crippen LogP contribution is -2.37. The summed E-state index contributed by atoms with van der Waals surface area (Å²) in [6.07, 6.45) is 0. The molecule has 0 atom stereocenters. The van der Waals surface area contributed by atoms with E-state index < -0.39 is 8.07 Å². The van der Waals surface area contributed by atoms with Crippen molar-refractivity contribution in [3.63, 3.8) is 0 Å². The minimum Gasteiger partial charge on any atom is -0.382 e. The molecule has 6 heteroatoms. The van der Waals surface area contributed by atoms with E-state index in [2.05, 4.69) is 30.1 Å². The molecule has 3 aromatic rings. The van der Waals surface area contributed by atoms with Crippen molar-refractivity contribution >= 4 is 40.8 Å². The van der Waals surface area contributed by atoms with E-state index in [-0.39, 0.29) is 0 Å². The lowest BCUT2D eigenvalue weighted by molar-refractivity contribution is 0.891. The standard InChI is InChI=1S/C13H16N4SSi/c1-19(2,3)13-15-11(8-18-13)17-10-7-5-4-6-9(10)12(14)16-17/h4-8H,1-3H3,(H2,14,16). The van der Waals surface area contributed by atoms with Gasteiger partial charge < -0.3 is 5.73 Å². The van der Waals surface area contributed by atoms with Gasteiger partial charge in [-0.1, -0.05) is 31.8 Å². The number of hydrogen-bond donors (Lipinski definition) is 1. The Kier molecular flexibility index (Phi) is 2.72. The van der Waals surface area contributed by atoms with Crippen LogP contribution >= 0.6 is 11.3 Å². The van der Waals surface area contributed by atoms with Crippen molar-refractivity contribution in [1.82, 2.24) is 14.8 Å². The quantitative estimate of drug-likeness (QED) is 0.737. The van der Waals surface area contributed by atoms with E-state index in [9.17, 15) is 0 Å². The molecule has 3 rings (SSSR count). The Hall–Kier alpha value is -1.66. The summed E-state index contributed by atoms with van der Waals surface area (Å²) in [6.45, 7) is 6.89. The molecule has 98 valence electrons. The first-order valence-electron chi connectivity index (χ1n) is 6.16. The molecule has 0 fully saturated rings. The highest BCUT2D eigenvalue weighted by Crippen LogP contribution is 2.23. The molecule has 2 heterocycles. The van der Waals surface area contributed by atoms with Crippen LogP contribution in [0.5, 0.6) is 0 Å². The van der Waals surface area contributed by atoms with Crippen LogP contribution in [0.4, 0.5) is 5.82 Å². The van der Waals surface area contributed by atoms with Crippen LogP contribution in [0.2, 0.25) is 19.6 Å². The van der Waals surface area contributed by atoms with Crippen LogP contribution in [0.15, 0.2) is 29.6 Å². The monoisotopic (exact) mass is 288 g/mol. The van der Waals surface area contributed by atoms with Gasteiger partial charge in [-0.25, -0.2) is 9.67 Å². The van der Waals surface area contributed by atoms with Gasteiger partial charge in [0.15, 0.2) is 11.6 Å². The first-order chi connectivity index (χ1) is 8.97. The summed E-state index contributed by atoms with van der Waals surface area (Å²) in [6, 6.07) is 7.97. The Balaban J connectivity index is 2.17. The number of hydrogen-bond acceptors (Lipinski definition) is 4. The SMILES string of the molecule is C[Si](C)(C)c1nc(-n2nc(N)c3ccccc32)cs1. The molecule has 0 aliphatic carbocycles. The maximum atomic E-state index is 5.96. The second kappa shape index (κ2) is 4.18. The minimum atomic E-state index is -1.37. The number of anilines is 1. The molecule has 2 aromatic heterocycles. The van der Waals surface area contributed by atoms with Gasteiger partial charge in [0.05, 0.1) is 10.1 Å². The van der Waals surface area contributed by atoms with Gasteiger partial charge in [0.25, 0.3) is 0 Å². The zero-order valence-corrected chi connectivity index (χ0v) is 13.0. The summed E-state index contributed by atoms with van der Waals surface area (Å²) in [5.74, 6) is 1.42. The first-order valence-corrected chi connectivity index (χ1v) is 10.5. The first kappa shape index (κ1) is 12.4. The zero-order valence-electron chi connectivity index (χ0n) is 11.2. The molecule has 0 amide bonds. The van der Waals surface area contributed by atoms with E-state index in [0.29, 0.717) is 5.82 Å². The van der Waals surface area contributed by atoms with Crippen molar-refractivity contribution in [2.75, 3.05) is 5.73 Å². The molecule has 0 aliphatic rings. The number of rotatable bonds is 2. The number of nitrogens with zero attached hydrogens (tertiary/aromatic N) is 3. The fourth-order valence-corrected chi connectivity index (χ4v) is 4.53. The van der Waals surface area contributed by atoms with E-state index in [1.165, 1.54) is 4.63 Å². The summed E-state index contributed by atoms with van der Waals surface area (Å²) in [5, 5.41) is 7.45. The molecular weight excluding hydrogens is 272 g/mol. The third-order valence-corrected chi connectivity index (χ3v) is 7.20. The largest absolute Gasteiger partial charge is 0.382 e. The predicted molar refractivity (Wildman–Crippen MR) is 84.1 cm³/mol. The maximum Gasteiger partial charge on any atom is 0.164 e. The molecule has 0 unspecified atom stereocenters. The molecule has 0 saturated heterocycles. The summed E-state index contributed by atoms with van der Waals surface area (Å²) in [4.78, 5) is 4.74. The summed E-state index contributed by atoms with van der Waals surface area (Å²) in [7, 11) is -1.37.